The molecule has 0 saturated heterocycles. The fourth-order valence-corrected chi connectivity index (χ4v) is 3.10. The summed E-state index contributed by atoms with van der Waals surface area (Å²) in [6.45, 7) is 11.5. The second-order valence-electron chi connectivity index (χ2n) is 5.39. The summed E-state index contributed by atoms with van der Waals surface area (Å²) < 4.78 is 7.24. The van der Waals surface area contributed by atoms with Gasteiger partial charge < -0.3 is 4.43 Å². The highest BCUT2D eigenvalue weighted by molar-refractivity contribution is 14.1. The average Bonchev–Trinajstić information content (AvgIpc) is 2.12. The van der Waals surface area contributed by atoms with Crippen molar-refractivity contribution >= 4 is 30.9 Å². The summed E-state index contributed by atoms with van der Waals surface area (Å²) in [7, 11) is -1.74. The van der Waals surface area contributed by atoms with E-state index in [0.717, 1.165) is 10.8 Å². The maximum Gasteiger partial charge on any atom is 0.192 e. The van der Waals surface area contributed by atoms with E-state index in [9.17, 15) is 0 Å². The topological polar surface area (TPSA) is 58.0 Å². The van der Waals surface area contributed by atoms with Crippen LogP contribution in [0.3, 0.4) is 0 Å². The first-order chi connectivity index (χ1) is 7.24. The molecule has 1 atom stereocenters. The van der Waals surface area contributed by atoms with Crippen molar-refractivity contribution in [3.63, 3.8) is 0 Å². The predicted molar refractivity (Wildman–Crippen MR) is 79.6 cm³/mol. The van der Waals surface area contributed by atoms with Gasteiger partial charge in [-0.15, -0.1) is 0 Å². The Bertz CT molecular complexity index is 259. The molecule has 0 spiro atoms. The first-order valence-corrected chi connectivity index (χ1v) is 9.92. The molecule has 4 nitrogen and oxygen atoms in total. The van der Waals surface area contributed by atoms with Gasteiger partial charge in [-0.3, -0.25) is 0 Å². The minimum absolute atomic E-state index is 0.0775. The van der Waals surface area contributed by atoms with Crippen molar-refractivity contribution in [2.24, 2.45) is 5.11 Å². The summed E-state index contributed by atoms with van der Waals surface area (Å²) in [6, 6.07) is 0. The van der Waals surface area contributed by atoms with Crippen molar-refractivity contribution in [2.45, 2.75) is 51.4 Å². The highest BCUT2D eigenvalue weighted by Gasteiger charge is 2.38. The largest absolute Gasteiger partial charge is 0.414 e. The number of hydrogen-bond donors (Lipinski definition) is 0. The molecule has 0 fully saturated rings. The number of hydrogen-bond acceptors (Lipinski definition) is 2. The Morgan fingerprint density at radius 3 is 2.38 bits per heavy atom. The van der Waals surface area contributed by atoms with Gasteiger partial charge in [0, 0.05) is 9.34 Å². The number of halogens is 1. The third-order valence-electron chi connectivity index (χ3n) is 3.05. The first-order valence-electron chi connectivity index (χ1n) is 5.49. The van der Waals surface area contributed by atoms with E-state index < -0.39 is 8.32 Å². The molecule has 0 aliphatic heterocycles. The molecule has 0 heterocycles. The van der Waals surface area contributed by atoms with Crippen molar-refractivity contribution in [3.05, 3.63) is 10.4 Å². The van der Waals surface area contributed by atoms with E-state index >= 15 is 0 Å². The Morgan fingerprint density at radius 1 is 1.44 bits per heavy atom. The fourth-order valence-electron chi connectivity index (χ4n) is 1.03. The Balaban J connectivity index is 4.54. The zero-order valence-corrected chi connectivity index (χ0v) is 14.0. The van der Waals surface area contributed by atoms with Gasteiger partial charge in [-0.2, -0.15) is 0 Å². The Hall–Kier alpha value is 0.217. The van der Waals surface area contributed by atoms with E-state index in [2.05, 4.69) is 66.5 Å². The van der Waals surface area contributed by atoms with Gasteiger partial charge in [0.15, 0.2) is 8.32 Å². The quantitative estimate of drug-likeness (QED) is 0.173. The number of rotatable bonds is 6. The summed E-state index contributed by atoms with van der Waals surface area (Å²) in [5, 5.41) is 3.83. The normalized spacial score (nSPS) is 14.4. The molecular formula is C10H22IN3OSi. The summed E-state index contributed by atoms with van der Waals surface area (Å²) in [5.41, 5.74) is 8.35. The minimum atomic E-state index is -1.74. The molecule has 94 valence electrons. The number of nitrogens with zero attached hydrogens (tertiary/aromatic N) is 3. The molecule has 16 heavy (non-hydrogen) atoms. The van der Waals surface area contributed by atoms with Gasteiger partial charge in [-0.05, 0) is 30.1 Å². The molecule has 0 aromatic carbocycles. The number of azide groups is 1. The van der Waals surface area contributed by atoms with Crippen LogP contribution in [0, 0.1) is 0 Å². The Kier molecular flexibility index (Phi) is 6.92. The van der Waals surface area contributed by atoms with Crippen LogP contribution in [0.25, 0.3) is 10.4 Å². The molecule has 6 heteroatoms. The molecule has 0 radical (unpaired) electrons. The van der Waals surface area contributed by atoms with E-state index in [1.807, 2.05) is 0 Å². The van der Waals surface area contributed by atoms with Crippen LogP contribution in [0.2, 0.25) is 18.1 Å². The highest BCUT2D eigenvalue weighted by Crippen LogP contribution is 2.37. The van der Waals surface area contributed by atoms with Gasteiger partial charge in [-0.1, -0.05) is 48.5 Å². The van der Waals surface area contributed by atoms with Crippen LogP contribution in [0.1, 0.15) is 27.2 Å². The van der Waals surface area contributed by atoms with Crippen LogP contribution < -0.4 is 0 Å². The summed E-state index contributed by atoms with van der Waals surface area (Å²) in [6.07, 6.45) is 1.03. The highest BCUT2D eigenvalue weighted by atomic mass is 127. The van der Waals surface area contributed by atoms with Crippen molar-refractivity contribution < 1.29 is 4.43 Å². The second-order valence-corrected chi connectivity index (χ2v) is 11.2. The molecule has 0 aliphatic rings. The lowest BCUT2D eigenvalue weighted by molar-refractivity contribution is 0.186. The molecule has 0 amide bonds. The lowest BCUT2D eigenvalue weighted by Gasteiger charge is -2.39. The summed E-state index contributed by atoms with van der Waals surface area (Å²) >= 11 is 2.33. The maximum absolute atomic E-state index is 8.35. The van der Waals surface area contributed by atoms with Crippen LogP contribution in [0.5, 0.6) is 0 Å². The monoisotopic (exact) mass is 355 g/mol. The standard InChI is InChI=1S/C10H22IN3OSi/c1-10(2,3)16(4,5)15-9(6-7-11)8-13-14-12/h9H,6-8H2,1-5H3/t9-/m1/s1. The van der Waals surface area contributed by atoms with Gasteiger partial charge in [0.05, 0.1) is 12.6 Å². The zero-order chi connectivity index (χ0) is 12.8. The Labute approximate surface area is 113 Å². The second kappa shape index (κ2) is 6.83. The van der Waals surface area contributed by atoms with Gasteiger partial charge in [-0.25, -0.2) is 0 Å². The average molecular weight is 355 g/mol. The predicted octanol–water partition coefficient (Wildman–Crippen LogP) is 4.51. The molecule has 0 aliphatic carbocycles. The van der Waals surface area contributed by atoms with Crippen LogP contribution in [0.15, 0.2) is 5.11 Å². The van der Waals surface area contributed by atoms with Crippen LogP contribution in [0.4, 0.5) is 0 Å². The first kappa shape index (κ1) is 16.2. The molecule has 0 aromatic heterocycles. The van der Waals surface area contributed by atoms with E-state index in [4.69, 9.17) is 9.96 Å². The minimum Gasteiger partial charge on any atom is -0.414 e. The molecule has 0 N–H and O–H groups in total. The fraction of sp³-hybridized carbons (Fsp3) is 1.00. The molecule has 0 rings (SSSR count). The SMILES string of the molecule is CC(C)(C)[Si](C)(C)O[C@H](CCI)CN=[N+]=[N-]. The Morgan fingerprint density at radius 2 is 2.00 bits per heavy atom. The van der Waals surface area contributed by atoms with Gasteiger partial charge in [0.25, 0.3) is 0 Å². The summed E-state index contributed by atoms with van der Waals surface area (Å²) in [4.78, 5) is 2.81. The van der Waals surface area contributed by atoms with Gasteiger partial charge in [0.2, 0.25) is 0 Å². The molecular weight excluding hydrogens is 333 g/mol. The van der Waals surface area contributed by atoms with Crippen molar-refractivity contribution in [3.8, 4) is 0 Å². The summed E-state index contributed by atoms with van der Waals surface area (Å²) in [5.74, 6) is 0. The van der Waals surface area contributed by atoms with Crippen molar-refractivity contribution in [1.82, 2.24) is 0 Å². The van der Waals surface area contributed by atoms with E-state index in [1.165, 1.54) is 0 Å². The molecule has 0 bridgehead atoms. The molecule has 0 unspecified atom stereocenters. The van der Waals surface area contributed by atoms with E-state index in [-0.39, 0.29) is 11.1 Å². The zero-order valence-electron chi connectivity index (χ0n) is 10.8. The number of alkyl halides is 1. The van der Waals surface area contributed by atoms with E-state index in [1.54, 1.807) is 0 Å². The van der Waals surface area contributed by atoms with Gasteiger partial charge >= 0.3 is 0 Å². The molecule has 0 aromatic rings. The molecule has 0 saturated carbocycles. The van der Waals surface area contributed by atoms with Crippen molar-refractivity contribution in [2.75, 3.05) is 11.0 Å². The smallest absolute Gasteiger partial charge is 0.192 e. The van der Waals surface area contributed by atoms with Crippen LogP contribution >= 0.6 is 22.6 Å². The van der Waals surface area contributed by atoms with Crippen LogP contribution in [-0.4, -0.2) is 25.4 Å². The lowest BCUT2D eigenvalue weighted by atomic mass is 10.2. The van der Waals surface area contributed by atoms with Crippen LogP contribution in [-0.2, 0) is 4.43 Å². The maximum atomic E-state index is 8.35. The van der Waals surface area contributed by atoms with E-state index in [0.29, 0.717) is 6.54 Å². The van der Waals surface area contributed by atoms with Gasteiger partial charge in [0.1, 0.15) is 0 Å². The third kappa shape index (κ3) is 5.52. The third-order valence-corrected chi connectivity index (χ3v) is 8.20. The van der Waals surface area contributed by atoms with Crippen molar-refractivity contribution in [1.29, 1.82) is 0 Å². The lowest BCUT2D eigenvalue weighted by Crippen LogP contribution is -2.44.